The Hall–Kier alpha value is -1.64. The zero-order valence-electron chi connectivity index (χ0n) is 10.4. The van der Waals surface area contributed by atoms with E-state index in [1.165, 1.54) is 0 Å². The number of hydrogen-bond acceptors (Lipinski definition) is 3. The number of hydrogen-bond donors (Lipinski definition) is 2. The van der Waals surface area contributed by atoms with E-state index in [1.54, 1.807) is 0 Å². The minimum Gasteiger partial charge on any atom is -0.491 e. The number of benzene rings is 1. The molecule has 1 aromatic rings. The van der Waals surface area contributed by atoms with Crippen LogP contribution in [0.4, 0.5) is 11.4 Å². The molecule has 3 nitrogen and oxygen atoms in total. The van der Waals surface area contributed by atoms with E-state index < -0.39 is 0 Å². The third-order valence-corrected chi connectivity index (χ3v) is 2.68. The van der Waals surface area contributed by atoms with Crippen LogP contribution in [0.25, 0.3) is 0 Å². The van der Waals surface area contributed by atoms with Crippen LogP contribution < -0.4 is 15.8 Å². The highest BCUT2D eigenvalue weighted by Crippen LogP contribution is 2.25. The fourth-order valence-corrected chi connectivity index (χ4v) is 2.02. The molecule has 1 aliphatic rings. The van der Waals surface area contributed by atoms with Crippen LogP contribution in [0, 0.1) is 0 Å². The van der Waals surface area contributed by atoms with E-state index in [0.29, 0.717) is 6.04 Å². The van der Waals surface area contributed by atoms with Gasteiger partial charge in [0, 0.05) is 29.5 Å². The van der Waals surface area contributed by atoms with Gasteiger partial charge >= 0.3 is 0 Å². The van der Waals surface area contributed by atoms with Gasteiger partial charge in [0.1, 0.15) is 5.75 Å². The number of nitrogen functional groups attached to an aromatic ring is 1. The van der Waals surface area contributed by atoms with Crippen molar-refractivity contribution in [3.63, 3.8) is 0 Å². The van der Waals surface area contributed by atoms with Gasteiger partial charge in [0.05, 0.1) is 6.10 Å². The number of rotatable bonds is 4. The molecule has 0 unspecified atom stereocenters. The summed E-state index contributed by atoms with van der Waals surface area (Å²) in [7, 11) is 0. The van der Waals surface area contributed by atoms with E-state index in [2.05, 4.69) is 17.5 Å². The first-order valence-corrected chi connectivity index (χ1v) is 6.12. The van der Waals surface area contributed by atoms with Crippen molar-refractivity contribution in [1.29, 1.82) is 0 Å². The summed E-state index contributed by atoms with van der Waals surface area (Å²) in [5.41, 5.74) is 7.64. The predicted octanol–water partition coefficient (Wildman–Crippen LogP) is 3.19. The zero-order valence-corrected chi connectivity index (χ0v) is 10.4. The standard InChI is InChI=1S/C14H20N2O/c1-10(2)17-14-8-11(15)7-13(9-14)16-12-5-3-4-6-12/h3-4,7-10,12,16H,5-6,15H2,1-2H3. The van der Waals surface area contributed by atoms with Crippen LogP contribution >= 0.6 is 0 Å². The summed E-state index contributed by atoms with van der Waals surface area (Å²) in [6.07, 6.45) is 6.73. The zero-order chi connectivity index (χ0) is 12.3. The van der Waals surface area contributed by atoms with Gasteiger partial charge in [-0.25, -0.2) is 0 Å². The average Bonchev–Trinajstić information content (AvgIpc) is 2.67. The van der Waals surface area contributed by atoms with Crippen molar-refractivity contribution in [3.05, 3.63) is 30.4 Å². The smallest absolute Gasteiger partial charge is 0.123 e. The Labute approximate surface area is 103 Å². The third-order valence-electron chi connectivity index (χ3n) is 2.68. The van der Waals surface area contributed by atoms with E-state index in [4.69, 9.17) is 10.5 Å². The molecule has 0 spiro atoms. The first kappa shape index (κ1) is 11.8. The Morgan fingerprint density at radius 3 is 2.59 bits per heavy atom. The highest BCUT2D eigenvalue weighted by Gasteiger charge is 2.10. The van der Waals surface area contributed by atoms with E-state index in [1.807, 2.05) is 32.0 Å². The molecule has 0 saturated carbocycles. The molecular formula is C14H20N2O. The Morgan fingerprint density at radius 1 is 1.24 bits per heavy atom. The minimum atomic E-state index is 0.165. The molecule has 0 fully saturated rings. The van der Waals surface area contributed by atoms with Crippen molar-refractivity contribution in [1.82, 2.24) is 0 Å². The molecule has 0 radical (unpaired) electrons. The normalized spacial score (nSPS) is 15.5. The Kier molecular flexibility index (Phi) is 3.57. The van der Waals surface area contributed by atoms with Crippen molar-refractivity contribution in [2.24, 2.45) is 0 Å². The van der Waals surface area contributed by atoms with Gasteiger partial charge in [-0.1, -0.05) is 12.2 Å². The van der Waals surface area contributed by atoms with Crippen LogP contribution in [0.1, 0.15) is 26.7 Å². The lowest BCUT2D eigenvalue weighted by Gasteiger charge is -2.16. The number of anilines is 2. The monoisotopic (exact) mass is 232 g/mol. The van der Waals surface area contributed by atoms with E-state index >= 15 is 0 Å². The molecule has 1 aliphatic carbocycles. The third kappa shape index (κ3) is 3.41. The van der Waals surface area contributed by atoms with Crippen LogP contribution in [0.2, 0.25) is 0 Å². The maximum Gasteiger partial charge on any atom is 0.123 e. The molecule has 3 heteroatoms. The van der Waals surface area contributed by atoms with E-state index in [0.717, 1.165) is 30.0 Å². The highest BCUT2D eigenvalue weighted by atomic mass is 16.5. The predicted molar refractivity (Wildman–Crippen MR) is 72.4 cm³/mol. The van der Waals surface area contributed by atoms with Crippen molar-refractivity contribution >= 4 is 11.4 Å². The molecule has 17 heavy (non-hydrogen) atoms. The summed E-state index contributed by atoms with van der Waals surface area (Å²) in [4.78, 5) is 0. The summed E-state index contributed by atoms with van der Waals surface area (Å²) < 4.78 is 5.66. The lowest BCUT2D eigenvalue weighted by atomic mass is 10.2. The molecule has 1 aromatic carbocycles. The highest BCUT2D eigenvalue weighted by molar-refractivity contribution is 5.59. The fraction of sp³-hybridized carbons (Fsp3) is 0.429. The van der Waals surface area contributed by atoms with Crippen LogP contribution in [-0.4, -0.2) is 12.1 Å². The molecule has 0 bridgehead atoms. The van der Waals surface area contributed by atoms with Crippen molar-refractivity contribution in [2.45, 2.75) is 38.8 Å². The molecule has 0 saturated heterocycles. The van der Waals surface area contributed by atoms with Crippen molar-refractivity contribution in [3.8, 4) is 5.75 Å². The first-order chi connectivity index (χ1) is 8.13. The molecule has 0 heterocycles. The van der Waals surface area contributed by atoms with Crippen LogP contribution in [0.3, 0.4) is 0 Å². The lowest BCUT2D eigenvalue weighted by Crippen LogP contribution is -2.15. The van der Waals surface area contributed by atoms with E-state index in [9.17, 15) is 0 Å². The lowest BCUT2D eigenvalue weighted by molar-refractivity contribution is 0.242. The molecule has 92 valence electrons. The van der Waals surface area contributed by atoms with Gasteiger partial charge in [-0.05, 0) is 32.8 Å². The van der Waals surface area contributed by atoms with Gasteiger partial charge in [-0.3, -0.25) is 0 Å². The van der Waals surface area contributed by atoms with Gasteiger partial charge in [0.25, 0.3) is 0 Å². The molecule has 0 aliphatic heterocycles. The minimum absolute atomic E-state index is 0.165. The maximum absolute atomic E-state index is 5.87. The van der Waals surface area contributed by atoms with Gasteiger partial charge in [-0.2, -0.15) is 0 Å². The number of nitrogens with one attached hydrogen (secondary N) is 1. The second-order valence-electron chi connectivity index (χ2n) is 4.74. The van der Waals surface area contributed by atoms with E-state index in [-0.39, 0.29) is 6.10 Å². The second kappa shape index (κ2) is 5.13. The van der Waals surface area contributed by atoms with Crippen molar-refractivity contribution < 1.29 is 4.74 Å². The summed E-state index contributed by atoms with van der Waals surface area (Å²) in [5.74, 6) is 0.827. The van der Waals surface area contributed by atoms with Gasteiger partial charge in [0.2, 0.25) is 0 Å². The van der Waals surface area contributed by atoms with Crippen LogP contribution in [-0.2, 0) is 0 Å². The van der Waals surface area contributed by atoms with Crippen LogP contribution in [0.15, 0.2) is 30.4 Å². The quantitative estimate of drug-likeness (QED) is 0.619. The number of ether oxygens (including phenoxy) is 1. The van der Waals surface area contributed by atoms with Gasteiger partial charge in [-0.15, -0.1) is 0 Å². The molecule has 3 N–H and O–H groups in total. The Morgan fingerprint density at radius 2 is 1.94 bits per heavy atom. The SMILES string of the molecule is CC(C)Oc1cc(N)cc(NC2CC=CC2)c1. The summed E-state index contributed by atoms with van der Waals surface area (Å²) in [5, 5.41) is 3.47. The van der Waals surface area contributed by atoms with Gasteiger partial charge in [0.15, 0.2) is 0 Å². The molecule has 2 rings (SSSR count). The van der Waals surface area contributed by atoms with Gasteiger partial charge < -0.3 is 15.8 Å². The Balaban J connectivity index is 2.07. The molecular weight excluding hydrogens is 212 g/mol. The topological polar surface area (TPSA) is 47.3 Å². The molecule has 0 aromatic heterocycles. The summed E-state index contributed by atoms with van der Waals surface area (Å²) in [6.45, 7) is 4.02. The molecule has 0 atom stereocenters. The average molecular weight is 232 g/mol. The van der Waals surface area contributed by atoms with Crippen molar-refractivity contribution in [2.75, 3.05) is 11.1 Å². The maximum atomic E-state index is 5.87. The second-order valence-corrected chi connectivity index (χ2v) is 4.74. The largest absolute Gasteiger partial charge is 0.491 e. The first-order valence-electron chi connectivity index (χ1n) is 6.12. The summed E-state index contributed by atoms with van der Waals surface area (Å²) >= 11 is 0. The molecule has 0 amide bonds. The summed E-state index contributed by atoms with van der Waals surface area (Å²) in [6, 6.07) is 6.31. The Bertz CT molecular complexity index is 405. The number of nitrogens with two attached hydrogens (primary N) is 1. The fourth-order valence-electron chi connectivity index (χ4n) is 2.02. The van der Waals surface area contributed by atoms with Crippen LogP contribution in [0.5, 0.6) is 5.75 Å².